The van der Waals surface area contributed by atoms with Gasteiger partial charge in [0.1, 0.15) is 0 Å². The summed E-state index contributed by atoms with van der Waals surface area (Å²) < 4.78 is 0. The molecule has 2 atom stereocenters. The number of nitrogen functional groups attached to an aromatic ring is 1. The fourth-order valence-electron chi connectivity index (χ4n) is 3.00. The van der Waals surface area contributed by atoms with Gasteiger partial charge >= 0.3 is 0 Å². The molecule has 0 heterocycles. The molecular weight excluding hydrogens is 248 g/mol. The number of hydrogen-bond acceptors (Lipinski definition) is 2. The molecule has 0 saturated heterocycles. The van der Waals surface area contributed by atoms with Gasteiger partial charge in [0.15, 0.2) is 0 Å². The van der Waals surface area contributed by atoms with Crippen LogP contribution in [0, 0.1) is 5.92 Å². The Morgan fingerprint density at radius 1 is 1.25 bits per heavy atom. The zero-order chi connectivity index (χ0) is 14.4. The normalized spacial score (nSPS) is 23.1. The van der Waals surface area contributed by atoms with E-state index in [1.54, 1.807) is 0 Å². The van der Waals surface area contributed by atoms with Gasteiger partial charge in [-0.1, -0.05) is 44.4 Å². The second-order valence-electron chi connectivity index (χ2n) is 5.99. The molecule has 0 aliphatic heterocycles. The topological polar surface area (TPSA) is 55.1 Å². The second-order valence-corrected chi connectivity index (χ2v) is 5.99. The first kappa shape index (κ1) is 14.9. The van der Waals surface area contributed by atoms with Gasteiger partial charge in [-0.3, -0.25) is 4.79 Å². The maximum atomic E-state index is 12.1. The van der Waals surface area contributed by atoms with Crippen molar-refractivity contribution in [1.82, 2.24) is 5.32 Å². The molecular formula is C17H26N2O. The van der Waals surface area contributed by atoms with Crippen LogP contribution in [-0.2, 0) is 11.2 Å². The predicted molar refractivity (Wildman–Crippen MR) is 83.4 cm³/mol. The van der Waals surface area contributed by atoms with E-state index in [4.69, 9.17) is 5.73 Å². The van der Waals surface area contributed by atoms with E-state index in [2.05, 4.69) is 12.2 Å². The van der Waals surface area contributed by atoms with Gasteiger partial charge in [0.2, 0.25) is 5.91 Å². The summed E-state index contributed by atoms with van der Waals surface area (Å²) >= 11 is 0. The summed E-state index contributed by atoms with van der Waals surface area (Å²) in [5.41, 5.74) is 7.75. The highest BCUT2D eigenvalue weighted by atomic mass is 16.1. The van der Waals surface area contributed by atoms with Crippen LogP contribution in [0.1, 0.15) is 51.0 Å². The van der Waals surface area contributed by atoms with E-state index < -0.39 is 0 Å². The van der Waals surface area contributed by atoms with E-state index in [1.165, 1.54) is 25.7 Å². The number of carbonyl (C=O) groups is 1. The molecule has 3 N–H and O–H groups in total. The number of amides is 1. The van der Waals surface area contributed by atoms with E-state index in [9.17, 15) is 4.79 Å². The summed E-state index contributed by atoms with van der Waals surface area (Å²) in [6, 6.07) is 8.14. The van der Waals surface area contributed by atoms with Crippen molar-refractivity contribution in [3.8, 4) is 0 Å². The van der Waals surface area contributed by atoms with Crippen molar-refractivity contribution < 1.29 is 4.79 Å². The Balaban J connectivity index is 1.81. The van der Waals surface area contributed by atoms with Crippen LogP contribution in [0.4, 0.5) is 5.69 Å². The Bertz CT molecular complexity index is 444. The quantitative estimate of drug-likeness (QED) is 0.654. The van der Waals surface area contributed by atoms with Crippen LogP contribution in [0.15, 0.2) is 24.3 Å². The fourth-order valence-corrected chi connectivity index (χ4v) is 3.00. The van der Waals surface area contributed by atoms with Crippen LogP contribution in [0.3, 0.4) is 0 Å². The van der Waals surface area contributed by atoms with Crippen LogP contribution < -0.4 is 11.1 Å². The zero-order valence-electron chi connectivity index (χ0n) is 12.4. The number of anilines is 1. The number of aryl methyl sites for hydroxylation is 1. The standard InChI is InChI=1S/C17H26N2O/c1-13-7-3-2-4-10-16(13)19-17(20)12-11-14-8-5-6-9-15(14)18/h5-6,8-9,13,16H,2-4,7,10-12,18H2,1H3,(H,19,20). The first-order valence-corrected chi connectivity index (χ1v) is 7.79. The number of nitrogens with one attached hydrogen (secondary N) is 1. The Hall–Kier alpha value is -1.51. The van der Waals surface area contributed by atoms with E-state index in [0.717, 1.165) is 24.1 Å². The van der Waals surface area contributed by atoms with Crippen LogP contribution in [-0.4, -0.2) is 11.9 Å². The molecule has 1 aliphatic rings. The van der Waals surface area contributed by atoms with Crippen molar-refractivity contribution in [2.24, 2.45) is 5.92 Å². The average molecular weight is 274 g/mol. The smallest absolute Gasteiger partial charge is 0.220 e. The maximum absolute atomic E-state index is 12.1. The number of benzene rings is 1. The Kier molecular flexibility index (Phi) is 5.45. The molecule has 0 radical (unpaired) electrons. The van der Waals surface area contributed by atoms with Crippen molar-refractivity contribution in [3.63, 3.8) is 0 Å². The lowest BCUT2D eigenvalue weighted by Crippen LogP contribution is -2.38. The molecule has 0 aromatic heterocycles. The summed E-state index contributed by atoms with van der Waals surface area (Å²) in [7, 11) is 0. The Labute approximate surface area is 121 Å². The van der Waals surface area contributed by atoms with Crippen molar-refractivity contribution in [1.29, 1.82) is 0 Å². The Morgan fingerprint density at radius 2 is 2.00 bits per heavy atom. The molecule has 110 valence electrons. The predicted octanol–water partition coefficient (Wildman–Crippen LogP) is 3.29. The highest BCUT2D eigenvalue weighted by molar-refractivity contribution is 5.76. The lowest BCUT2D eigenvalue weighted by Gasteiger charge is -2.22. The molecule has 20 heavy (non-hydrogen) atoms. The number of carbonyl (C=O) groups excluding carboxylic acids is 1. The lowest BCUT2D eigenvalue weighted by molar-refractivity contribution is -0.122. The van der Waals surface area contributed by atoms with Gasteiger partial charge in [-0.2, -0.15) is 0 Å². The van der Waals surface area contributed by atoms with Crippen molar-refractivity contribution in [3.05, 3.63) is 29.8 Å². The molecule has 0 spiro atoms. The number of rotatable bonds is 4. The van der Waals surface area contributed by atoms with E-state index in [0.29, 0.717) is 18.4 Å². The van der Waals surface area contributed by atoms with Gasteiger partial charge in [0.25, 0.3) is 0 Å². The molecule has 1 aromatic carbocycles. The second kappa shape index (κ2) is 7.32. The summed E-state index contributed by atoms with van der Waals surface area (Å²) in [4.78, 5) is 12.1. The van der Waals surface area contributed by atoms with Gasteiger partial charge in [0.05, 0.1) is 0 Å². The van der Waals surface area contributed by atoms with E-state index >= 15 is 0 Å². The summed E-state index contributed by atoms with van der Waals surface area (Å²) in [5, 5.41) is 3.22. The van der Waals surface area contributed by atoms with Crippen LogP contribution in [0.25, 0.3) is 0 Å². The van der Waals surface area contributed by atoms with E-state index in [1.807, 2.05) is 24.3 Å². The van der Waals surface area contributed by atoms with Crippen molar-refractivity contribution in [2.45, 2.75) is 57.9 Å². The minimum Gasteiger partial charge on any atom is -0.399 e. The molecule has 1 fully saturated rings. The third kappa shape index (κ3) is 4.26. The summed E-state index contributed by atoms with van der Waals surface area (Å²) in [6.45, 7) is 2.26. The fraction of sp³-hybridized carbons (Fsp3) is 0.588. The molecule has 1 aromatic rings. The molecule has 1 aliphatic carbocycles. The molecule has 1 amide bonds. The Morgan fingerprint density at radius 3 is 2.80 bits per heavy atom. The minimum atomic E-state index is 0.159. The number of para-hydroxylation sites is 1. The maximum Gasteiger partial charge on any atom is 0.220 e. The SMILES string of the molecule is CC1CCCCCC1NC(=O)CCc1ccccc1N. The van der Waals surface area contributed by atoms with Gasteiger partial charge < -0.3 is 11.1 Å². The molecule has 3 heteroatoms. The van der Waals surface area contributed by atoms with Gasteiger partial charge in [-0.05, 0) is 36.8 Å². The summed E-state index contributed by atoms with van der Waals surface area (Å²) in [6.07, 6.45) is 7.44. The molecule has 3 nitrogen and oxygen atoms in total. The minimum absolute atomic E-state index is 0.159. The largest absolute Gasteiger partial charge is 0.399 e. The summed E-state index contributed by atoms with van der Waals surface area (Å²) in [5.74, 6) is 0.759. The zero-order valence-corrected chi connectivity index (χ0v) is 12.4. The highest BCUT2D eigenvalue weighted by Crippen LogP contribution is 2.23. The highest BCUT2D eigenvalue weighted by Gasteiger charge is 2.21. The molecule has 2 unspecified atom stereocenters. The molecule has 1 saturated carbocycles. The number of nitrogens with two attached hydrogens (primary N) is 1. The molecule has 0 bridgehead atoms. The van der Waals surface area contributed by atoms with Gasteiger partial charge in [-0.25, -0.2) is 0 Å². The third-order valence-electron chi connectivity index (χ3n) is 4.38. The number of hydrogen-bond donors (Lipinski definition) is 2. The van der Waals surface area contributed by atoms with Crippen molar-refractivity contribution >= 4 is 11.6 Å². The van der Waals surface area contributed by atoms with Crippen LogP contribution >= 0.6 is 0 Å². The first-order valence-electron chi connectivity index (χ1n) is 7.79. The average Bonchev–Trinajstić information content (AvgIpc) is 2.63. The third-order valence-corrected chi connectivity index (χ3v) is 4.38. The van der Waals surface area contributed by atoms with Gasteiger partial charge in [0, 0.05) is 18.2 Å². The molecule has 2 rings (SSSR count). The monoisotopic (exact) mass is 274 g/mol. The lowest BCUT2D eigenvalue weighted by atomic mass is 9.96. The van der Waals surface area contributed by atoms with E-state index in [-0.39, 0.29) is 5.91 Å². The van der Waals surface area contributed by atoms with Crippen LogP contribution in [0.2, 0.25) is 0 Å². The van der Waals surface area contributed by atoms with Crippen LogP contribution in [0.5, 0.6) is 0 Å². The first-order chi connectivity index (χ1) is 9.66. The van der Waals surface area contributed by atoms with Crippen molar-refractivity contribution in [2.75, 3.05) is 5.73 Å². The van der Waals surface area contributed by atoms with Gasteiger partial charge in [-0.15, -0.1) is 0 Å².